The fourth-order valence-electron chi connectivity index (χ4n) is 4.75. The minimum Gasteiger partial charge on any atom is -0.394 e. The Bertz CT molecular complexity index is 1550. The molecule has 44 heavy (non-hydrogen) atoms. The van der Waals surface area contributed by atoms with E-state index in [1.54, 1.807) is 4.57 Å². The largest absolute Gasteiger partial charge is 0.394 e. The van der Waals surface area contributed by atoms with Gasteiger partial charge in [-0.2, -0.15) is 9.56 Å². The number of aliphatic hydroxyl groups excluding tert-OH is 4. The molecule has 4 aromatic rings. The van der Waals surface area contributed by atoms with Crippen molar-refractivity contribution >= 4 is 42.3 Å². The van der Waals surface area contributed by atoms with E-state index >= 15 is 0 Å². The van der Waals surface area contributed by atoms with Gasteiger partial charge in [-0.1, -0.05) is 0 Å². The van der Waals surface area contributed by atoms with Gasteiger partial charge in [0.1, 0.15) is 60.6 Å². The Morgan fingerprint density at radius 2 is 1.34 bits per heavy atom. The van der Waals surface area contributed by atoms with Crippen molar-refractivity contribution in [1.82, 2.24) is 39.0 Å². The van der Waals surface area contributed by atoms with Crippen LogP contribution in [0.2, 0.25) is 0 Å². The smallest absolute Gasteiger partial charge is 0.232 e. The first-order valence-electron chi connectivity index (χ1n) is 12.8. The highest BCUT2D eigenvalue weighted by Crippen LogP contribution is 2.37. The Kier molecular flexibility index (Phi) is 10.0. The minimum absolute atomic E-state index is 0.205. The molecule has 0 aromatic carbocycles. The van der Waals surface area contributed by atoms with E-state index in [0.717, 1.165) is 0 Å². The van der Waals surface area contributed by atoms with Gasteiger partial charge in [-0.15, -0.1) is 0 Å². The Hall–Kier alpha value is -3.31. The Morgan fingerprint density at radius 1 is 0.818 bits per heavy atom. The van der Waals surface area contributed by atoms with Crippen LogP contribution in [0.25, 0.3) is 22.3 Å². The molecule has 9 atom stereocenters. The van der Waals surface area contributed by atoms with Crippen molar-refractivity contribution in [2.45, 2.75) is 49.3 Å². The predicted octanol–water partition coefficient (Wildman–Crippen LogP) is -2.48. The molecular weight excluding hydrogens is 611 g/mol. The topological polar surface area (TPSA) is 296 Å². The van der Waals surface area contributed by atoms with E-state index in [1.807, 2.05) is 0 Å². The summed E-state index contributed by atoms with van der Waals surface area (Å²) in [5.74, 6) is 0.469. The number of rotatable bonds is 9. The molecule has 6 rings (SSSR count). The third kappa shape index (κ3) is 6.00. The highest BCUT2D eigenvalue weighted by atomic mass is 31.2. The highest BCUT2D eigenvalue weighted by molar-refractivity contribution is 7.45. The lowest BCUT2D eigenvalue weighted by atomic mass is 10.1. The van der Waals surface area contributed by atoms with Gasteiger partial charge in [0.05, 0.1) is 19.3 Å². The van der Waals surface area contributed by atoms with Crippen LogP contribution >= 0.6 is 8.38 Å². The maximum absolute atomic E-state index is 10.2. The van der Waals surface area contributed by atoms with E-state index in [1.165, 1.54) is 44.1 Å². The molecule has 6 heterocycles. The first kappa shape index (κ1) is 32.1. The fourth-order valence-corrected chi connectivity index (χ4v) is 4.99. The van der Waals surface area contributed by atoms with Crippen LogP contribution in [0.3, 0.4) is 0 Å². The van der Waals surface area contributed by atoms with E-state index in [-0.39, 0.29) is 18.2 Å². The number of methoxy groups -OCH3 is 2. The van der Waals surface area contributed by atoms with Crippen molar-refractivity contribution in [2.24, 2.45) is 0 Å². The summed E-state index contributed by atoms with van der Waals surface area (Å²) in [6.45, 7) is -0.304. The van der Waals surface area contributed by atoms with Crippen LogP contribution in [0, 0.1) is 0 Å². The summed E-state index contributed by atoms with van der Waals surface area (Å²) >= 11 is 0. The lowest BCUT2D eigenvalue weighted by molar-refractivity contribution is -0.332. The number of anilines is 2. The maximum Gasteiger partial charge on any atom is 0.232 e. The van der Waals surface area contributed by atoms with Gasteiger partial charge in [0.25, 0.3) is 0 Å². The Morgan fingerprint density at radius 3 is 1.84 bits per heavy atom. The lowest BCUT2D eigenvalue weighted by Crippen LogP contribution is -2.34. The van der Waals surface area contributed by atoms with Gasteiger partial charge < -0.3 is 55.7 Å². The summed E-state index contributed by atoms with van der Waals surface area (Å²) in [5, 5.41) is 38.2. The van der Waals surface area contributed by atoms with Gasteiger partial charge in [0.15, 0.2) is 35.4 Å². The van der Waals surface area contributed by atoms with Crippen LogP contribution < -0.4 is 11.5 Å². The Balaban J connectivity index is 0.000000177. The van der Waals surface area contributed by atoms with Crippen LogP contribution in [-0.2, 0) is 28.5 Å². The maximum atomic E-state index is 10.2. The number of ether oxygens (including phenoxy) is 4. The van der Waals surface area contributed by atoms with Crippen LogP contribution in [0.15, 0.2) is 25.3 Å². The number of nitrogen functional groups attached to an aromatic ring is 2. The third-order valence-corrected chi connectivity index (χ3v) is 7.37. The van der Waals surface area contributed by atoms with Crippen LogP contribution in [-0.4, -0.2) is 128 Å². The number of imidazole rings is 2. The SMILES string of the molecule is COC1[C@@H](O)[C@@H](CO)O[C@H]1n1cnc2c(N)ncnc21.COC1[C@@H](O)[C@@H](OOP(O)CO)O[C@H]1n1cnc2c(N)ncnc21. The standard InChI is InChI=1S/C11H16N5O7P.C11H15N5O4/c1-20-7-6(18)11(22-23-24(19)4-17)21-10(7)16-3-15-5-8(12)13-2-14-9(5)16;1-19-8-7(18)5(2-17)20-11(8)16-4-15-6-9(12)13-3-14-10(6)16/h2-3,6-7,10-11,17-19H,4H2,1H3,(H2,12,13,14);3-5,7-8,11,17-18H,2H2,1H3,(H2,12,13,14)/t6-,7?,10-,11-,24?;5-,7+,8?,11-/m11/s1. The molecule has 0 bridgehead atoms. The number of hydrogen-bond acceptors (Lipinski definition) is 19. The van der Waals surface area contributed by atoms with E-state index in [2.05, 4.69) is 34.6 Å². The number of aliphatic hydroxyl groups is 4. The molecule has 0 amide bonds. The molecule has 0 spiro atoms. The van der Waals surface area contributed by atoms with Crippen molar-refractivity contribution in [2.75, 3.05) is 38.6 Å². The number of nitrogens with two attached hydrogens (primary N) is 2. The Labute approximate surface area is 248 Å². The van der Waals surface area contributed by atoms with Gasteiger partial charge in [-0.3, -0.25) is 9.13 Å². The third-order valence-electron chi connectivity index (χ3n) is 6.87. The monoisotopic (exact) mass is 642 g/mol. The average molecular weight is 643 g/mol. The molecule has 21 nitrogen and oxygen atoms in total. The first-order valence-corrected chi connectivity index (χ1v) is 14.2. The molecule has 2 saturated heterocycles. The van der Waals surface area contributed by atoms with Crippen LogP contribution in [0.4, 0.5) is 11.6 Å². The molecular formula is C22H31N10O11P. The average Bonchev–Trinajstić information content (AvgIpc) is 3.79. The number of fused-ring (bicyclic) bond motifs is 2. The lowest BCUT2D eigenvalue weighted by Gasteiger charge is -2.19. The summed E-state index contributed by atoms with van der Waals surface area (Å²) in [5.41, 5.74) is 13.2. The van der Waals surface area contributed by atoms with Crippen LogP contribution in [0.5, 0.6) is 0 Å². The molecule has 0 radical (unpaired) electrons. The number of hydrogen-bond donors (Lipinski definition) is 7. The highest BCUT2D eigenvalue weighted by Gasteiger charge is 2.48. The molecule has 0 saturated carbocycles. The molecule has 0 aliphatic carbocycles. The van der Waals surface area contributed by atoms with Crippen molar-refractivity contribution in [3.05, 3.63) is 25.3 Å². The second kappa shape index (κ2) is 13.8. The zero-order chi connectivity index (χ0) is 31.5. The van der Waals surface area contributed by atoms with Gasteiger partial charge in [0, 0.05) is 14.2 Å². The molecule has 240 valence electrons. The molecule has 4 aromatic heterocycles. The second-order valence-electron chi connectivity index (χ2n) is 9.35. The normalized spacial score (nSPS) is 29.2. The quantitative estimate of drug-likeness (QED) is 0.0564. The van der Waals surface area contributed by atoms with Gasteiger partial charge in [-0.05, 0) is 0 Å². The zero-order valence-electron chi connectivity index (χ0n) is 23.2. The van der Waals surface area contributed by atoms with E-state index in [4.69, 9.17) is 40.4 Å². The van der Waals surface area contributed by atoms with Crippen LogP contribution in [0.1, 0.15) is 12.5 Å². The summed E-state index contributed by atoms with van der Waals surface area (Å²) < 4.78 is 29.4. The summed E-state index contributed by atoms with van der Waals surface area (Å²) in [4.78, 5) is 38.2. The summed E-state index contributed by atoms with van der Waals surface area (Å²) in [6.07, 6.45) is -2.17. The fraction of sp³-hybridized carbons (Fsp3) is 0.545. The second-order valence-corrected chi connectivity index (χ2v) is 10.5. The molecule has 2 fully saturated rings. The van der Waals surface area contributed by atoms with Gasteiger partial charge in [-0.25, -0.2) is 29.9 Å². The number of aromatic nitrogens is 8. The van der Waals surface area contributed by atoms with Crippen molar-refractivity contribution in [1.29, 1.82) is 0 Å². The van der Waals surface area contributed by atoms with Gasteiger partial charge >= 0.3 is 0 Å². The molecule has 2 aliphatic heterocycles. The zero-order valence-corrected chi connectivity index (χ0v) is 24.1. The number of nitrogens with zero attached hydrogens (tertiary/aromatic N) is 8. The van der Waals surface area contributed by atoms with Gasteiger partial charge in [0.2, 0.25) is 14.7 Å². The van der Waals surface area contributed by atoms with E-state index in [0.29, 0.717) is 22.3 Å². The van der Waals surface area contributed by atoms with Crippen molar-refractivity contribution in [3.8, 4) is 0 Å². The predicted molar refractivity (Wildman–Crippen MR) is 146 cm³/mol. The summed E-state index contributed by atoms with van der Waals surface area (Å²) in [7, 11) is 0.677. The minimum atomic E-state index is -2.18. The molecule has 3 unspecified atom stereocenters. The van der Waals surface area contributed by atoms with E-state index < -0.39 is 64.0 Å². The van der Waals surface area contributed by atoms with Crippen molar-refractivity contribution in [3.63, 3.8) is 0 Å². The molecule has 9 N–H and O–H groups in total. The molecule has 2 aliphatic rings. The first-order chi connectivity index (χ1) is 21.2. The summed E-state index contributed by atoms with van der Waals surface area (Å²) in [6, 6.07) is 0. The van der Waals surface area contributed by atoms with Crippen molar-refractivity contribution < 1.29 is 53.8 Å². The molecule has 22 heteroatoms. The van der Waals surface area contributed by atoms with E-state index in [9.17, 15) is 20.2 Å².